The molecule has 144 valence electrons. The summed E-state index contributed by atoms with van der Waals surface area (Å²) in [6.07, 6.45) is 1.06. The van der Waals surface area contributed by atoms with Crippen molar-refractivity contribution in [1.82, 2.24) is 10.2 Å². The predicted molar refractivity (Wildman–Crippen MR) is 110 cm³/mol. The van der Waals surface area contributed by atoms with Crippen molar-refractivity contribution in [2.24, 2.45) is 5.92 Å². The van der Waals surface area contributed by atoms with E-state index < -0.39 is 0 Å². The Hall–Kier alpha value is -1.95. The normalized spacial score (nSPS) is 16.2. The van der Waals surface area contributed by atoms with Crippen LogP contribution in [0.3, 0.4) is 0 Å². The Morgan fingerprint density at radius 3 is 2.63 bits per heavy atom. The predicted octanol–water partition coefficient (Wildman–Crippen LogP) is 4.65. The lowest BCUT2D eigenvalue weighted by atomic mass is 10.1. The number of anilines is 1. The Morgan fingerprint density at radius 2 is 2.00 bits per heavy atom. The highest BCUT2D eigenvalue weighted by Crippen LogP contribution is 2.24. The van der Waals surface area contributed by atoms with Crippen LogP contribution in [0, 0.1) is 5.92 Å². The molecule has 2 aromatic rings. The molecule has 2 N–H and O–H groups in total. The topological polar surface area (TPSA) is 53.6 Å². The Morgan fingerprint density at radius 1 is 1.22 bits per heavy atom. The van der Waals surface area contributed by atoms with E-state index in [0.29, 0.717) is 29.1 Å². The van der Waals surface area contributed by atoms with Gasteiger partial charge in [-0.2, -0.15) is 0 Å². The van der Waals surface area contributed by atoms with Crippen molar-refractivity contribution < 1.29 is 9.53 Å². The van der Waals surface area contributed by atoms with Gasteiger partial charge in [0.25, 0.3) is 0 Å². The second-order valence-electron chi connectivity index (χ2n) is 6.65. The van der Waals surface area contributed by atoms with Gasteiger partial charge >= 0.3 is 6.03 Å². The summed E-state index contributed by atoms with van der Waals surface area (Å²) in [6, 6.07) is 12.6. The van der Waals surface area contributed by atoms with Crippen LogP contribution in [-0.4, -0.2) is 37.7 Å². The first-order chi connectivity index (χ1) is 13.0. The van der Waals surface area contributed by atoms with Gasteiger partial charge in [0, 0.05) is 18.8 Å². The Labute approximate surface area is 169 Å². The first kappa shape index (κ1) is 19.8. The summed E-state index contributed by atoms with van der Waals surface area (Å²) < 4.78 is 5.16. The molecule has 0 spiro atoms. The van der Waals surface area contributed by atoms with E-state index in [1.54, 1.807) is 13.2 Å². The molecule has 0 aromatic heterocycles. The highest BCUT2D eigenvalue weighted by atomic mass is 35.5. The molecule has 0 bridgehead atoms. The van der Waals surface area contributed by atoms with E-state index in [9.17, 15) is 4.79 Å². The molecule has 0 aliphatic carbocycles. The first-order valence-corrected chi connectivity index (χ1v) is 9.65. The molecule has 27 heavy (non-hydrogen) atoms. The average molecular weight is 408 g/mol. The summed E-state index contributed by atoms with van der Waals surface area (Å²) in [6.45, 7) is 3.06. The smallest absolute Gasteiger partial charge is 0.322 e. The highest BCUT2D eigenvalue weighted by molar-refractivity contribution is 6.42. The molecule has 1 unspecified atom stereocenters. The molecule has 1 saturated heterocycles. The summed E-state index contributed by atoms with van der Waals surface area (Å²) in [7, 11) is 1.61. The number of nitrogens with zero attached hydrogens (tertiary/aromatic N) is 1. The largest absolute Gasteiger partial charge is 0.497 e. The molecule has 1 heterocycles. The van der Waals surface area contributed by atoms with Crippen LogP contribution in [0.4, 0.5) is 10.5 Å². The maximum atomic E-state index is 12.9. The standard InChI is InChI=1S/C20H23Cl2N3O2/c1-27-17-5-3-16(4-6-17)24-20(26)25(13-15-8-9-23-11-15)12-14-2-7-18(21)19(22)10-14/h2-7,10,15,23H,8-9,11-13H2,1H3,(H,24,26). The Kier molecular flexibility index (Phi) is 6.83. The van der Waals surface area contributed by atoms with Gasteiger partial charge in [-0.1, -0.05) is 29.3 Å². The molecule has 0 radical (unpaired) electrons. The van der Waals surface area contributed by atoms with E-state index in [4.69, 9.17) is 27.9 Å². The van der Waals surface area contributed by atoms with Gasteiger partial charge in [-0.25, -0.2) is 4.79 Å². The maximum Gasteiger partial charge on any atom is 0.322 e. The number of methoxy groups -OCH3 is 1. The molecular weight excluding hydrogens is 385 g/mol. The number of ether oxygens (including phenoxy) is 1. The van der Waals surface area contributed by atoms with Gasteiger partial charge < -0.3 is 20.3 Å². The number of nitrogens with one attached hydrogen (secondary N) is 2. The van der Waals surface area contributed by atoms with Crippen LogP contribution >= 0.6 is 23.2 Å². The SMILES string of the molecule is COc1ccc(NC(=O)N(Cc2ccc(Cl)c(Cl)c2)CC2CCNC2)cc1. The highest BCUT2D eigenvalue weighted by Gasteiger charge is 2.22. The van der Waals surface area contributed by atoms with Gasteiger partial charge in [0.05, 0.1) is 17.2 Å². The summed E-state index contributed by atoms with van der Waals surface area (Å²) in [5, 5.41) is 7.32. The third-order valence-corrected chi connectivity index (χ3v) is 5.37. The molecule has 1 fully saturated rings. The minimum absolute atomic E-state index is 0.141. The van der Waals surface area contributed by atoms with Gasteiger partial charge in [0.15, 0.2) is 0 Å². The summed E-state index contributed by atoms with van der Waals surface area (Å²) in [4.78, 5) is 14.7. The lowest BCUT2D eigenvalue weighted by Crippen LogP contribution is -2.38. The summed E-state index contributed by atoms with van der Waals surface area (Å²) >= 11 is 12.1. The minimum Gasteiger partial charge on any atom is -0.497 e. The fourth-order valence-electron chi connectivity index (χ4n) is 3.14. The van der Waals surface area contributed by atoms with Crippen molar-refractivity contribution in [1.29, 1.82) is 0 Å². The number of halogens is 2. The second-order valence-corrected chi connectivity index (χ2v) is 7.46. The van der Waals surface area contributed by atoms with E-state index in [-0.39, 0.29) is 6.03 Å². The number of amides is 2. The Bertz CT molecular complexity index is 777. The number of carbonyl (C=O) groups excluding carboxylic acids is 1. The molecule has 1 aliphatic rings. The minimum atomic E-state index is -0.141. The molecule has 2 aromatic carbocycles. The van der Waals surface area contributed by atoms with E-state index in [0.717, 1.165) is 36.5 Å². The van der Waals surface area contributed by atoms with Crippen molar-refractivity contribution in [2.45, 2.75) is 13.0 Å². The van der Waals surface area contributed by atoms with Crippen molar-refractivity contribution in [3.8, 4) is 5.75 Å². The zero-order valence-corrected chi connectivity index (χ0v) is 16.7. The molecule has 2 amide bonds. The van der Waals surface area contributed by atoms with Crippen LogP contribution in [-0.2, 0) is 6.54 Å². The molecule has 7 heteroatoms. The van der Waals surface area contributed by atoms with Crippen LogP contribution in [0.25, 0.3) is 0 Å². The number of hydrogen-bond donors (Lipinski definition) is 2. The van der Waals surface area contributed by atoms with Crippen LogP contribution < -0.4 is 15.4 Å². The van der Waals surface area contributed by atoms with Gasteiger partial charge in [-0.15, -0.1) is 0 Å². The monoisotopic (exact) mass is 407 g/mol. The van der Waals surface area contributed by atoms with E-state index in [1.165, 1.54) is 0 Å². The number of benzene rings is 2. The van der Waals surface area contributed by atoms with Crippen LogP contribution in [0.15, 0.2) is 42.5 Å². The van der Waals surface area contributed by atoms with Gasteiger partial charge in [0.2, 0.25) is 0 Å². The fraction of sp³-hybridized carbons (Fsp3) is 0.350. The van der Waals surface area contributed by atoms with E-state index in [2.05, 4.69) is 10.6 Å². The number of urea groups is 1. The van der Waals surface area contributed by atoms with Crippen molar-refractivity contribution in [3.63, 3.8) is 0 Å². The zero-order valence-electron chi connectivity index (χ0n) is 15.2. The molecular formula is C20H23Cl2N3O2. The first-order valence-electron chi connectivity index (χ1n) is 8.90. The van der Waals surface area contributed by atoms with Crippen molar-refractivity contribution in [2.75, 3.05) is 32.1 Å². The lowest BCUT2D eigenvalue weighted by Gasteiger charge is -2.26. The zero-order chi connectivity index (χ0) is 19.2. The van der Waals surface area contributed by atoms with Crippen molar-refractivity contribution in [3.05, 3.63) is 58.1 Å². The maximum absolute atomic E-state index is 12.9. The van der Waals surface area contributed by atoms with Crippen LogP contribution in [0.2, 0.25) is 10.0 Å². The van der Waals surface area contributed by atoms with Crippen LogP contribution in [0.5, 0.6) is 5.75 Å². The Balaban J connectivity index is 1.72. The third-order valence-electron chi connectivity index (χ3n) is 4.63. The van der Waals surface area contributed by atoms with Gasteiger partial charge in [-0.3, -0.25) is 0 Å². The molecule has 1 atom stereocenters. The van der Waals surface area contributed by atoms with E-state index in [1.807, 2.05) is 41.3 Å². The molecule has 0 saturated carbocycles. The summed E-state index contributed by atoms with van der Waals surface area (Å²) in [5.74, 6) is 1.19. The number of carbonyl (C=O) groups is 1. The van der Waals surface area contributed by atoms with Crippen LogP contribution in [0.1, 0.15) is 12.0 Å². The lowest BCUT2D eigenvalue weighted by molar-refractivity contribution is 0.199. The quantitative estimate of drug-likeness (QED) is 0.732. The third kappa shape index (κ3) is 5.51. The molecule has 5 nitrogen and oxygen atoms in total. The average Bonchev–Trinajstić information content (AvgIpc) is 3.18. The number of hydrogen-bond acceptors (Lipinski definition) is 3. The van der Waals surface area contributed by atoms with E-state index >= 15 is 0 Å². The van der Waals surface area contributed by atoms with Gasteiger partial charge in [-0.05, 0) is 67.4 Å². The fourth-order valence-corrected chi connectivity index (χ4v) is 3.46. The summed E-state index contributed by atoms with van der Waals surface area (Å²) in [5.41, 5.74) is 1.67. The molecule has 1 aliphatic heterocycles. The van der Waals surface area contributed by atoms with Gasteiger partial charge in [0.1, 0.15) is 5.75 Å². The van der Waals surface area contributed by atoms with Crippen molar-refractivity contribution >= 4 is 34.9 Å². The number of rotatable bonds is 6. The molecule has 3 rings (SSSR count). The second kappa shape index (κ2) is 9.31.